The van der Waals surface area contributed by atoms with Crippen molar-refractivity contribution in [1.82, 2.24) is 5.32 Å². The number of benzene rings is 2. The van der Waals surface area contributed by atoms with Crippen LogP contribution in [0.5, 0.6) is 0 Å². The normalized spacial score (nSPS) is 18.4. The number of guanidine groups is 1. The van der Waals surface area contributed by atoms with E-state index in [-0.39, 0.29) is 29.4 Å². The zero-order valence-corrected chi connectivity index (χ0v) is 20.1. The number of fused-ring (bicyclic) bond motifs is 2. The summed E-state index contributed by atoms with van der Waals surface area (Å²) < 4.78 is 12.4. The van der Waals surface area contributed by atoms with E-state index in [1.807, 2.05) is 37.4 Å². The molecule has 1 fully saturated rings. The summed E-state index contributed by atoms with van der Waals surface area (Å²) in [5.41, 5.74) is 4.16. The zero-order chi connectivity index (χ0) is 19.4. The number of nitrogens with one attached hydrogen (secondary N) is 1. The third-order valence-electron chi connectivity index (χ3n) is 6.04. The number of hydrogen-bond donors (Lipinski definition) is 1. The molecule has 1 aliphatic heterocycles. The molecule has 4 nitrogen and oxygen atoms in total. The number of rotatable bonds is 5. The number of hydrogen-bond acceptors (Lipinski definition) is 2. The van der Waals surface area contributed by atoms with Crippen LogP contribution >= 0.6 is 24.0 Å². The monoisotopic (exact) mass is 523 g/mol. The molecule has 1 heterocycles. The van der Waals surface area contributed by atoms with Gasteiger partial charge >= 0.3 is 0 Å². The first-order valence-electron chi connectivity index (χ1n) is 10.2. The first kappa shape index (κ1) is 22.3. The third-order valence-corrected chi connectivity index (χ3v) is 7.35. The Balaban J connectivity index is 0.00000240. The first-order valence-corrected chi connectivity index (χ1v) is 11.7. The van der Waals surface area contributed by atoms with E-state index in [1.165, 1.54) is 36.9 Å². The van der Waals surface area contributed by atoms with Crippen LogP contribution in [0.3, 0.4) is 0 Å². The van der Waals surface area contributed by atoms with Gasteiger partial charge in [-0.1, -0.05) is 61.4 Å². The van der Waals surface area contributed by atoms with Crippen molar-refractivity contribution in [1.29, 1.82) is 0 Å². The van der Waals surface area contributed by atoms with Gasteiger partial charge in [-0.15, -0.1) is 24.0 Å². The lowest BCUT2D eigenvalue weighted by molar-refractivity contribution is 0.478. The molecule has 1 atom stereocenters. The molecule has 29 heavy (non-hydrogen) atoms. The minimum atomic E-state index is -0.881. The summed E-state index contributed by atoms with van der Waals surface area (Å²) in [5, 5.41) is 3.46. The summed E-state index contributed by atoms with van der Waals surface area (Å²) >= 11 is 0. The Kier molecular flexibility index (Phi) is 7.73. The number of halogens is 1. The van der Waals surface area contributed by atoms with Crippen molar-refractivity contribution in [2.45, 2.75) is 36.9 Å². The van der Waals surface area contributed by atoms with Gasteiger partial charge in [-0.05, 0) is 30.0 Å². The average Bonchev–Trinajstić information content (AvgIpc) is 3.32. The van der Waals surface area contributed by atoms with Gasteiger partial charge in [0.25, 0.3) is 0 Å². The lowest BCUT2D eigenvalue weighted by Gasteiger charge is -2.26. The molecule has 4 rings (SSSR count). The Bertz CT molecular complexity index is 865. The molecular weight excluding hydrogens is 493 g/mol. The van der Waals surface area contributed by atoms with Gasteiger partial charge in [0.05, 0.1) is 0 Å². The standard InChI is InChI=1S/C23H29N3OS.HI/c1-24-22(25-15-16-28(27)17-19-9-3-2-4-10-19)26-18-23(13-7-8-14-23)20-11-5-6-12-21(20)26;/h2-6,9-12H,7-8,13-18H2,1H3,(H,24,25);1H. The van der Waals surface area contributed by atoms with Crippen LogP contribution in [0, 0.1) is 0 Å². The fourth-order valence-electron chi connectivity index (χ4n) is 4.70. The highest BCUT2D eigenvalue weighted by atomic mass is 127. The fraction of sp³-hybridized carbons (Fsp3) is 0.435. The predicted octanol–water partition coefficient (Wildman–Crippen LogP) is 4.46. The molecule has 6 heteroatoms. The maximum atomic E-state index is 12.4. The van der Waals surface area contributed by atoms with Gasteiger partial charge < -0.3 is 10.2 Å². The number of para-hydroxylation sites is 1. The molecule has 1 spiro atoms. The van der Waals surface area contributed by atoms with Crippen molar-refractivity contribution in [3.05, 3.63) is 65.7 Å². The molecular formula is C23H30IN3OS. The topological polar surface area (TPSA) is 44.7 Å². The van der Waals surface area contributed by atoms with Crippen LogP contribution in [0.25, 0.3) is 0 Å². The lowest BCUT2D eigenvalue weighted by atomic mass is 9.81. The molecule has 2 aliphatic rings. The van der Waals surface area contributed by atoms with E-state index in [9.17, 15) is 4.21 Å². The van der Waals surface area contributed by atoms with Crippen LogP contribution in [0.15, 0.2) is 59.6 Å². The highest BCUT2D eigenvalue weighted by Crippen LogP contribution is 2.50. The van der Waals surface area contributed by atoms with Crippen molar-refractivity contribution >= 4 is 46.4 Å². The summed E-state index contributed by atoms with van der Waals surface area (Å²) in [6, 6.07) is 18.8. The van der Waals surface area contributed by atoms with E-state index in [0.29, 0.717) is 18.1 Å². The van der Waals surface area contributed by atoms with Gasteiger partial charge in [-0.25, -0.2) is 0 Å². The molecule has 156 valence electrons. The second-order valence-electron chi connectivity index (χ2n) is 7.84. The van der Waals surface area contributed by atoms with Crippen LogP contribution in [0.4, 0.5) is 5.69 Å². The zero-order valence-electron chi connectivity index (χ0n) is 17.0. The van der Waals surface area contributed by atoms with Gasteiger partial charge in [-0.2, -0.15) is 0 Å². The van der Waals surface area contributed by atoms with E-state index in [4.69, 9.17) is 0 Å². The Hall–Kier alpha value is -1.41. The van der Waals surface area contributed by atoms with Gasteiger partial charge in [0, 0.05) is 53.5 Å². The minimum absolute atomic E-state index is 0. The Morgan fingerprint density at radius 2 is 1.79 bits per heavy atom. The summed E-state index contributed by atoms with van der Waals surface area (Å²) in [5.74, 6) is 2.12. The second kappa shape index (κ2) is 10.1. The van der Waals surface area contributed by atoms with Crippen molar-refractivity contribution in [2.24, 2.45) is 4.99 Å². The maximum absolute atomic E-state index is 12.4. The van der Waals surface area contributed by atoms with Gasteiger partial charge in [0.15, 0.2) is 5.96 Å². The molecule has 1 aliphatic carbocycles. The molecule has 0 bridgehead atoms. The van der Waals surface area contributed by atoms with Crippen molar-refractivity contribution in [2.75, 3.05) is 30.8 Å². The van der Waals surface area contributed by atoms with E-state index in [2.05, 4.69) is 39.5 Å². The minimum Gasteiger partial charge on any atom is -0.355 e. The molecule has 1 saturated carbocycles. The SMILES string of the molecule is CN=C(NCCS(=O)Cc1ccccc1)N1CC2(CCCC2)c2ccccc21.I. The molecule has 0 radical (unpaired) electrons. The Morgan fingerprint density at radius 3 is 2.52 bits per heavy atom. The predicted molar refractivity (Wildman–Crippen MR) is 134 cm³/mol. The third kappa shape index (κ3) is 4.85. The molecule has 1 N–H and O–H groups in total. The van der Waals surface area contributed by atoms with Crippen molar-refractivity contribution < 1.29 is 4.21 Å². The highest BCUT2D eigenvalue weighted by molar-refractivity contribution is 14.0. The smallest absolute Gasteiger partial charge is 0.198 e. The summed E-state index contributed by atoms with van der Waals surface area (Å²) in [6.07, 6.45) is 5.15. The lowest BCUT2D eigenvalue weighted by Crippen LogP contribution is -2.44. The van der Waals surface area contributed by atoms with E-state index < -0.39 is 10.8 Å². The first-order chi connectivity index (χ1) is 13.7. The van der Waals surface area contributed by atoms with Crippen LogP contribution in [0.2, 0.25) is 0 Å². The average molecular weight is 523 g/mol. The van der Waals surface area contributed by atoms with Crippen molar-refractivity contribution in [3.8, 4) is 0 Å². The van der Waals surface area contributed by atoms with E-state index in [1.54, 1.807) is 0 Å². The second-order valence-corrected chi connectivity index (χ2v) is 9.42. The largest absolute Gasteiger partial charge is 0.355 e. The number of anilines is 1. The van der Waals surface area contributed by atoms with Gasteiger partial charge in [-0.3, -0.25) is 9.20 Å². The molecule has 2 aromatic rings. The summed E-state index contributed by atoms with van der Waals surface area (Å²) in [4.78, 5) is 6.87. The van der Waals surface area contributed by atoms with Crippen LogP contribution < -0.4 is 10.2 Å². The summed E-state index contributed by atoms with van der Waals surface area (Å²) in [6.45, 7) is 1.66. The molecule has 2 aromatic carbocycles. The van der Waals surface area contributed by atoms with Crippen LogP contribution in [0.1, 0.15) is 36.8 Å². The molecule has 0 aromatic heterocycles. The molecule has 0 amide bonds. The maximum Gasteiger partial charge on any atom is 0.198 e. The molecule has 0 saturated heterocycles. The van der Waals surface area contributed by atoms with E-state index in [0.717, 1.165) is 18.1 Å². The van der Waals surface area contributed by atoms with E-state index >= 15 is 0 Å². The number of aliphatic imine (C=N–C) groups is 1. The Labute approximate surface area is 193 Å². The highest BCUT2D eigenvalue weighted by Gasteiger charge is 2.45. The quantitative estimate of drug-likeness (QED) is 0.358. The van der Waals surface area contributed by atoms with Crippen LogP contribution in [-0.4, -0.2) is 36.1 Å². The van der Waals surface area contributed by atoms with Crippen molar-refractivity contribution in [3.63, 3.8) is 0 Å². The molecule has 1 unspecified atom stereocenters. The van der Waals surface area contributed by atoms with Gasteiger partial charge in [0.1, 0.15) is 0 Å². The van der Waals surface area contributed by atoms with Crippen LogP contribution in [-0.2, 0) is 22.0 Å². The van der Waals surface area contributed by atoms with Gasteiger partial charge in [0.2, 0.25) is 0 Å². The summed E-state index contributed by atoms with van der Waals surface area (Å²) in [7, 11) is 0.958. The number of nitrogens with zero attached hydrogens (tertiary/aromatic N) is 2. The fourth-order valence-corrected chi connectivity index (χ4v) is 5.74. The Morgan fingerprint density at radius 1 is 1.10 bits per heavy atom.